The second kappa shape index (κ2) is 7.97. The third kappa shape index (κ3) is 3.66. The highest BCUT2D eigenvalue weighted by Gasteiger charge is 2.22. The zero-order chi connectivity index (χ0) is 21.1. The molecule has 4 rings (SSSR count). The fourth-order valence-corrected chi connectivity index (χ4v) is 3.00. The summed E-state index contributed by atoms with van der Waals surface area (Å²) >= 11 is 0. The molecule has 0 unspecified atom stereocenters. The summed E-state index contributed by atoms with van der Waals surface area (Å²) in [6.07, 6.45) is 0. The SMILES string of the molecule is Oc1ccccc1Oc1ccc(O)c(-c2ccccc2O)c1Oc1ccccc1O. The molecule has 0 aliphatic rings. The maximum Gasteiger partial charge on any atom is 0.181 e. The van der Waals surface area contributed by atoms with E-state index in [1.807, 2.05) is 0 Å². The first-order valence-corrected chi connectivity index (χ1v) is 9.10. The van der Waals surface area contributed by atoms with Gasteiger partial charge in [0.25, 0.3) is 0 Å². The molecule has 0 bridgehead atoms. The first-order valence-electron chi connectivity index (χ1n) is 9.10. The standard InChI is InChI=1S/C24H18O6/c25-16-8-2-1-7-15(16)23-19(28)13-14-22(29-20-11-5-3-9-17(20)26)24(23)30-21-12-6-4-10-18(21)27/h1-14,25-28H. The van der Waals surface area contributed by atoms with Crippen molar-refractivity contribution in [2.45, 2.75) is 0 Å². The van der Waals surface area contributed by atoms with Crippen LogP contribution in [0, 0.1) is 0 Å². The van der Waals surface area contributed by atoms with Crippen LogP contribution in [-0.2, 0) is 0 Å². The molecular weight excluding hydrogens is 384 g/mol. The van der Waals surface area contributed by atoms with Crippen molar-refractivity contribution in [3.05, 3.63) is 84.9 Å². The second-order valence-electron chi connectivity index (χ2n) is 6.44. The molecule has 0 spiro atoms. The van der Waals surface area contributed by atoms with E-state index >= 15 is 0 Å². The van der Waals surface area contributed by atoms with Gasteiger partial charge in [0, 0.05) is 5.56 Å². The lowest BCUT2D eigenvalue weighted by atomic mass is 10.0. The average Bonchev–Trinajstić information content (AvgIpc) is 2.74. The van der Waals surface area contributed by atoms with Gasteiger partial charge in [-0.25, -0.2) is 0 Å². The van der Waals surface area contributed by atoms with Crippen molar-refractivity contribution in [2.75, 3.05) is 0 Å². The van der Waals surface area contributed by atoms with Crippen LogP contribution in [0.15, 0.2) is 84.9 Å². The van der Waals surface area contributed by atoms with Gasteiger partial charge in [-0.2, -0.15) is 0 Å². The Balaban J connectivity index is 1.92. The number of rotatable bonds is 5. The van der Waals surface area contributed by atoms with Crippen LogP contribution in [0.25, 0.3) is 11.1 Å². The maximum atomic E-state index is 10.6. The summed E-state index contributed by atoms with van der Waals surface area (Å²) in [5.74, 6) is 0.0921. The van der Waals surface area contributed by atoms with Crippen molar-refractivity contribution >= 4 is 0 Å². The Bertz CT molecular complexity index is 1200. The van der Waals surface area contributed by atoms with E-state index in [9.17, 15) is 20.4 Å². The van der Waals surface area contributed by atoms with E-state index in [0.717, 1.165) is 0 Å². The molecule has 0 amide bonds. The molecular formula is C24H18O6. The van der Waals surface area contributed by atoms with Gasteiger partial charge in [-0.1, -0.05) is 42.5 Å². The van der Waals surface area contributed by atoms with Gasteiger partial charge in [-0.3, -0.25) is 0 Å². The Morgan fingerprint density at radius 2 is 0.967 bits per heavy atom. The molecule has 6 nitrogen and oxygen atoms in total. The van der Waals surface area contributed by atoms with E-state index in [4.69, 9.17) is 9.47 Å². The Hall–Kier alpha value is -4.32. The summed E-state index contributed by atoms with van der Waals surface area (Å²) in [5.41, 5.74) is 0.479. The van der Waals surface area contributed by atoms with E-state index in [1.165, 1.54) is 30.3 Å². The van der Waals surface area contributed by atoms with Gasteiger partial charge in [0.2, 0.25) is 0 Å². The van der Waals surface area contributed by atoms with Crippen LogP contribution in [0.5, 0.6) is 46.0 Å². The Labute approximate surface area is 172 Å². The van der Waals surface area contributed by atoms with Gasteiger partial charge in [-0.15, -0.1) is 0 Å². The minimum absolute atomic E-state index is 0.0567. The summed E-state index contributed by atoms with van der Waals surface area (Å²) in [6, 6.07) is 22.1. The highest BCUT2D eigenvalue weighted by atomic mass is 16.5. The van der Waals surface area contributed by atoms with Gasteiger partial charge in [0.05, 0.1) is 5.56 Å². The van der Waals surface area contributed by atoms with Crippen LogP contribution >= 0.6 is 0 Å². The van der Waals surface area contributed by atoms with Crippen LogP contribution in [0.3, 0.4) is 0 Å². The Morgan fingerprint density at radius 3 is 1.57 bits per heavy atom. The fourth-order valence-electron chi connectivity index (χ4n) is 3.00. The molecule has 0 atom stereocenters. The number of ether oxygens (including phenoxy) is 2. The molecule has 150 valence electrons. The molecule has 4 aromatic carbocycles. The molecule has 4 aromatic rings. The number of aromatic hydroxyl groups is 4. The topological polar surface area (TPSA) is 99.4 Å². The predicted octanol–water partition coefficient (Wildman–Crippen LogP) is 5.76. The lowest BCUT2D eigenvalue weighted by Crippen LogP contribution is -1.95. The number of hydrogen-bond acceptors (Lipinski definition) is 6. The molecule has 0 saturated carbocycles. The van der Waals surface area contributed by atoms with Gasteiger partial charge in [0.1, 0.15) is 11.5 Å². The van der Waals surface area contributed by atoms with Gasteiger partial charge < -0.3 is 29.9 Å². The van der Waals surface area contributed by atoms with Crippen molar-refractivity contribution in [3.63, 3.8) is 0 Å². The molecule has 0 radical (unpaired) electrons. The summed E-state index contributed by atoms with van der Waals surface area (Å²) in [7, 11) is 0. The minimum atomic E-state index is -0.161. The third-order valence-corrected chi connectivity index (χ3v) is 4.44. The summed E-state index contributed by atoms with van der Waals surface area (Å²) in [4.78, 5) is 0. The number of phenolic OH excluding ortho intramolecular Hbond substituents is 4. The zero-order valence-corrected chi connectivity index (χ0v) is 15.7. The molecule has 4 N–H and O–H groups in total. The first-order chi connectivity index (χ1) is 14.5. The number of benzene rings is 4. The van der Waals surface area contributed by atoms with E-state index in [-0.39, 0.29) is 51.6 Å². The van der Waals surface area contributed by atoms with Crippen molar-refractivity contribution in [2.24, 2.45) is 0 Å². The second-order valence-corrected chi connectivity index (χ2v) is 6.44. The number of phenols is 4. The van der Waals surface area contributed by atoms with Crippen LogP contribution < -0.4 is 9.47 Å². The molecule has 0 saturated heterocycles. The number of hydrogen-bond donors (Lipinski definition) is 4. The highest BCUT2D eigenvalue weighted by Crippen LogP contribution is 2.50. The highest BCUT2D eigenvalue weighted by molar-refractivity contribution is 5.83. The molecule has 30 heavy (non-hydrogen) atoms. The van der Waals surface area contributed by atoms with Crippen molar-refractivity contribution in [1.29, 1.82) is 0 Å². The summed E-state index contributed by atoms with van der Waals surface area (Å²) in [6.45, 7) is 0. The van der Waals surface area contributed by atoms with Gasteiger partial charge in [0.15, 0.2) is 34.5 Å². The monoisotopic (exact) mass is 402 g/mol. The average molecular weight is 402 g/mol. The van der Waals surface area contributed by atoms with E-state index < -0.39 is 0 Å². The zero-order valence-electron chi connectivity index (χ0n) is 15.7. The van der Waals surface area contributed by atoms with Crippen LogP contribution in [0.1, 0.15) is 0 Å². The van der Waals surface area contributed by atoms with Gasteiger partial charge in [-0.05, 0) is 42.5 Å². The van der Waals surface area contributed by atoms with E-state index in [2.05, 4.69) is 0 Å². The lowest BCUT2D eigenvalue weighted by Gasteiger charge is -2.18. The summed E-state index contributed by atoms with van der Waals surface area (Å²) in [5, 5.41) is 41.2. The van der Waals surface area contributed by atoms with E-state index in [0.29, 0.717) is 5.56 Å². The molecule has 6 heteroatoms. The van der Waals surface area contributed by atoms with Crippen molar-refractivity contribution in [1.82, 2.24) is 0 Å². The summed E-state index contributed by atoms with van der Waals surface area (Å²) < 4.78 is 11.8. The smallest absolute Gasteiger partial charge is 0.181 e. The van der Waals surface area contributed by atoms with E-state index in [1.54, 1.807) is 54.6 Å². The normalized spacial score (nSPS) is 10.5. The van der Waals surface area contributed by atoms with Crippen molar-refractivity contribution in [3.8, 4) is 57.1 Å². The fraction of sp³-hybridized carbons (Fsp3) is 0. The van der Waals surface area contributed by atoms with Crippen molar-refractivity contribution < 1.29 is 29.9 Å². The maximum absolute atomic E-state index is 10.6. The Kier molecular flexibility index (Phi) is 5.05. The van der Waals surface area contributed by atoms with Crippen LogP contribution in [0.2, 0.25) is 0 Å². The van der Waals surface area contributed by atoms with Crippen LogP contribution in [0.4, 0.5) is 0 Å². The predicted molar refractivity (Wildman–Crippen MR) is 112 cm³/mol. The first kappa shape index (κ1) is 19.0. The number of para-hydroxylation sites is 5. The molecule has 0 aliphatic heterocycles. The third-order valence-electron chi connectivity index (χ3n) is 4.44. The molecule has 0 heterocycles. The lowest BCUT2D eigenvalue weighted by molar-refractivity contribution is 0.374. The Morgan fingerprint density at radius 1 is 0.433 bits per heavy atom. The minimum Gasteiger partial charge on any atom is -0.507 e. The molecule has 0 aliphatic carbocycles. The molecule has 0 fully saturated rings. The van der Waals surface area contributed by atoms with Crippen LogP contribution in [-0.4, -0.2) is 20.4 Å². The van der Waals surface area contributed by atoms with Gasteiger partial charge >= 0.3 is 0 Å². The quantitative estimate of drug-likeness (QED) is 0.339. The molecule has 0 aromatic heterocycles. The largest absolute Gasteiger partial charge is 0.507 e.